The molecule has 1 N–H and O–H groups in total. The number of unbranched alkanes of at least 4 members (excludes halogenated alkanes) is 2. The van der Waals surface area contributed by atoms with E-state index in [2.05, 4.69) is 45.3 Å². The molecule has 0 spiro atoms. The van der Waals surface area contributed by atoms with Gasteiger partial charge >= 0.3 is 5.69 Å². The highest BCUT2D eigenvalue weighted by Gasteiger charge is 2.18. The molecule has 0 radical (unpaired) electrons. The molecule has 2 aromatic rings. The van der Waals surface area contributed by atoms with Crippen LogP contribution in [0.4, 0.5) is 0 Å². The number of nitrogens with zero attached hydrogens (tertiary/aromatic N) is 3. The predicted octanol–water partition coefficient (Wildman–Crippen LogP) is 3.61. The van der Waals surface area contributed by atoms with Gasteiger partial charge in [0, 0.05) is 6.54 Å². The standard InChI is InChI=1S/C23H24N4O2/c1-15-13-18-19(14-16(15)2)27(21-20(24-18)22(28)26-23(29)25-21)12-8-4-7-11-17-9-5-3-6-10-17/h3,5-6,9-10,13-14H,4,7-8,11-12H2,1-2H3,(H,26,28,29). The number of aromatic amines is 1. The molecule has 148 valence electrons. The van der Waals surface area contributed by atoms with Crippen molar-refractivity contribution in [2.24, 2.45) is 0 Å². The van der Waals surface area contributed by atoms with Gasteiger partial charge in [0.05, 0.1) is 11.0 Å². The van der Waals surface area contributed by atoms with E-state index in [9.17, 15) is 9.59 Å². The summed E-state index contributed by atoms with van der Waals surface area (Å²) < 4.78 is 1.98. The van der Waals surface area contributed by atoms with Gasteiger partial charge < -0.3 is 4.57 Å². The third kappa shape index (κ3) is 3.97. The Bertz CT molecular complexity index is 1240. The average molecular weight is 388 g/mol. The first kappa shape index (κ1) is 19.1. The molecule has 0 aromatic heterocycles. The second-order valence-corrected chi connectivity index (χ2v) is 7.53. The number of H-pyrrole nitrogens is 1. The van der Waals surface area contributed by atoms with Gasteiger partial charge in [-0.05, 0) is 61.9 Å². The Morgan fingerprint density at radius 1 is 0.931 bits per heavy atom. The lowest BCUT2D eigenvalue weighted by Gasteiger charge is -2.17. The van der Waals surface area contributed by atoms with Crippen LogP contribution in [0.15, 0.2) is 52.1 Å². The molecule has 0 saturated carbocycles. The van der Waals surface area contributed by atoms with Gasteiger partial charge in [-0.3, -0.25) is 9.78 Å². The smallest absolute Gasteiger partial charge is 0.322 e. The third-order valence-corrected chi connectivity index (χ3v) is 5.41. The van der Waals surface area contributed by atoms with Crippen LogP contribution in [0.3, 0.4) is 0 Å². The van der Waals surface area contributed by atoms with Gasteiger partial charge in [0.1, 0.15) is 0 Å². The summed E-state index contributed by atoms with van der Waals surface area (Å²) in [5, 5.41) is 0. The Hall–Kier alpha value is -3.28. The van der Waals surface area contributed by atoms with Crippen molar-refractivity contribution in [3.63, 3.8) is 0 Å². The van der Waals surface area contributed by atoms with Crippen LogP contribution >= 0.6 is 0 Å². The molecule has 0 aliphatic carbocycles. The van der Waals surface area contributed by atoms with Crippen LogP contribution in [-0.4, -0.2) is 19.5 Å². The zero-order valence-electron chi connectivity index (χ0n) is 16.7. The maximum Gasteiger partial charge on any atom is 0.349 e. The van der Waals surface area contributed by atoms with Crippen molar-refractivity contribution in [2.45, 2.75) is 46.1 Å². The fourth-order valence-electron chi connectivity index (χ4n) is 3.70. The van der Waals surface area contributed by atoms with Crippen molar-refractivity contribution < 1.29 is 0 Å². The summed E-state index contributed by atoms with van der Waals surface area (Å²) in [4.78, 5) is 34.9. The van der Waals surface area contributed by atoms with Gasteiger partial charge in [0.15, 0.2) is 11.5 Å². The molecule has 0 amide bonds. The Kier molecular flexibility index (Phi) is 5.25. The highest BCUT2D eigenvalue weighted by atomic mass is 16.2. The molecular weight excluding hydrogens is 364 g/mol. The summed E-state index contributed by atoms with van der Waals surface area (Å²) in [7, 11) is 0. The highest BCUT2D eigenvalue weighted by Crippen LogP contribution is 2.24. The minimum atomic E-state index is -0.634. The molecule has 2 aliphatic rings. The van der Waals surface area contributed by atoms with Crippen LogP contribution in [0.1, 0.15) is 36.0 Å². The van der Waals surface area contributed by atoms with Gasteiger partial charge in [-0.15, -0.1) is 0 Å². The largest absolute Gasteiger partial charge is 0.349 e. The van der Waals surface area contributed by atoms with Crippen LogP contribution in [0.5, 0.6) is 0 Å². The molecule has 0 atom stereocenters. The topological polar surface area (TPSA) is 80.6 Å². The van der Waals surface area contributed by atoms with Crippen molar-refractivity contribution in [3.05, 3.63) is 80.0 Å². The molecule has 6 heteroatoms. The normalized spacial score (nSPS) is 11.4. The maximum absolute atomic E-state index is 12.3. The molecule has 2 aliphatic heterocycles. The van der Waals surface area contributed by atoms with E-state index in [1.54, 1.807) is 0 Å². The molecule has 0 unspecified atom stereocenters. The molecule has 29 heavy (non-hydrogen) atoms. The minimum absolute atomic E-state index is 0.213. The number of aromatic nitrogens is 4. The number of nitrogens with one attached hydrogen (secondary N) is 1. The first-order chi connectivity index (χ1) is 14.0. The summed E-state index contributed by atoms with van der Waals surface area (Å²) in [6.07, 6.45) is 4.11. The number of aryl methyl sites for hydroxylation is 4. The molecule has 2 heterocycles. The number of hydrogen-bond donors (Lipinski definition) is 1. The van der Waals surface area contributed by atoms with E-state index < -0.39 is 11.2 Å². The quantitative estimate of drug-likeness (QED) is 0.404. The van der Waals surface area contributed by atoms with E-state index in [1.165, 1.54) is 5.56 Å². The zero-order valence-corrected chi connectivity index (χ0v) is 16.7. The monoisotopic (exact) mass is 388 g/mol. The van der Waals surface area contributed by atoms with E-state index in [4.69, 9.17) is 0 Å². The highest BCUT2D eigenvalue weighted by molar-refractivity contribution is 5.81. The van der Waals surface area contributed by atoms with Gasteiger partial charge in [-0.2, -0.15) is 4.98 Å². The maximum atomic E-state index is 12.3. The first-order valence-corrected chi connectivity index (χ1v) is 9.99. The zero-order chi connectivity index (χ0) is 20.4. The van der Waals surface area contributed by atoms with E-state index in [0.717, 1.165) is 47.8 Å². The van der Waals surface area contributed by atoms with Crippen molar-refractivity contribution in [1.29, 1.82) is 0 Å². The SMILES string of the molecule is Cc1cc2nc3c(=O)[nH]c(=O)nc-3n(CCCCCc3ccccc3)c2cc1C. The summed E-state index contributed by atoms with van der Waals surface area (Å²) in [6.45, 7) is 4.76. The van der Waals surface area contributed by atoms with Gasteiger partial charge in [0.25, 0.3) is 5.56 Å². The summed E-state index contributed by atoms with van der Waals surface area (Å²) >= 11 is 0. The Balaban J connectivity index is 1.64. The van der Waals surface area contributed by atoms with E-state index >= 15 is 0 Å². The molecule has 4 rings (SSSR count). The number of hydrogen-bond acceptors (Lipinski definition) is 4. The fraction of sp³-hybridized carbons (Fsp3) is 0.304. The lowest BCUT2D eigenvalue weighted by atomic mass is 10.1. The van der Waals surface area contributed by atoms with Gasteiger partial charge in [0.2, 0.25) is 0 Å². The Labute approximate surface area is 168 Å². The molecule has 0 fully saturated rings. The van der Waals surface area contributed by atoms with Crippen LogP contribution in [0, 0.1) is 13.8 Å². The lowest BCUT2D eigenvalue weighted by molar-refractivity contribution is 0.592. The van der Waals surface area contributed by atoms with Crippen LogP contribution in [0.25, 0.3) is 22.6 Å². The minimum Gasteiger partial charge on any atom is -0.322 e. The predicted molar refractivity (Wildman–Crippen MR) is 115 cm³/mol. The Morgan fingerprint density at radius 3 is 2.48 bits per heavy atom. The molecular formula is C23H24N4O2. The van der Waals surface area contributed by atoms with Gasteiger partial charge in [-0.25, -0.2) is 9.78 Å². The van der Waals surface area contributed by atoms with Crippen LogP contribution in [-0.2, 0) is 13.0 Å². The summed E-state index contributed by atoms with van der Waals surface area (Å²) in [6, 6.07) is 14.5. The van der Waals surface area contributed by atoms with E-state index in [1.807, 2.05) is 30.5 Å². The van der Waals surface area contributed by atoms with E-state index in [-0.39, 0.29) is 5.69 Å². The number of fused-ring (bicyclic) bond motifs is 2. The first-order valence-electron chi connectivity index (χ1n) is 9.99. The second kappa shape index (κ2) is 7.99. The molecule has 0 bridgehead atoms. The third-order valence-electron chi connectivity index (χ3n) is 5.41. The van der Waals surface area contributed by atoms with Crippen molar-refractivity contribution in [3.8, 4) is 11.5 Å². The average Bonchev–Trinajstić information content (AvgIpc) is 2.70. The summed E-state index contributed by atoms with van der Waals surface area (Å²) in [5.74, 6) is 0.359. The van der Waals surface area contributed by atoms with E-state index in [0.29, 0.717) is 12.4 Å². The van der Waals surface area contributed by atoms with Crippen molar-refractivity contribution >= 4 is 11.0 Å². The Morgan fingerprint density at radius 2 is 1.69 bits per heavy atom. The number of rotatable bonds is 6. The van der Waals surface area contributed by atoms with Gasteiger partial charge in [-0.1, -0.05) is 36.8 Å². The lowest BCUT2D eigenvalue weighted by Crippen LogP contribution is -2.29. The van der Waals surface area contributed by atoms with Crippen LogP contribution < -0.4 is 11.2 Å². The number of benzene rings is 2. The van der Waals surface area contributed by atoms with Crippen molar-refractivity contribution in [1.82, 2.24) is 19.5 Å². The second-order valence-electron chi connectivity index (χ2n) is 7.53. The van der Waals surface area contributed by atoms with Crippen molar-refractivity contribution in [2.75, 3.05) is 0 Å². The summed E-state index contributed by atoms with van der Waals surface area (Å²) in [5.41, 5.74) is 4.34. The molecule has 6 nitrogen and oxygen atoms in total. The molecule has 2 aromatic carbocycles. The van der Waals surface area contributed by atoms with Crippen LogP contribution in [0.2, 0.25) is 0 Å². The molecule has 0 saturated heterocycles. The fourth-order valence-corrected chi connectivity index (χ4v) is 3.70.